The molecule has 1 fully saturated rings. The SMILES string of the molecule is O=C(NCC(O)CN1CCc2ccccc2C1)c1cn2cc(N3CCC(F)C3)ccc2n1. The number of aliphatic hydroxyl groups excluding tert-OH is 1. The minimum atomic E-state index is -0.791. The van der Waals surface area contributed by atoms with E-state index in [2.05, 4.69) is 33.4 Å². The number of hydrogen-bond acceptors (Lipinski definition) is 5. The van der Waals surface area contributed by atoms with E-state index in [9.17, 15) is 14.3 Å². The highest BCUT2D eigenvalue weighted by Crippen LogP contribution is 2.23. The van der Waals surface area contributed by atoms with E-state index in [1.165, 1.54) is 11.1 Å². The van der Waals surface area contributed by atoms with Gasteiger partial charge in [-0.15, -0.1) is 0 Å². The Kier molecular flexibility index (Phi) is 5.80. The summed E-state index contributed by atoms with van der Waals surface area (Å²) in [5, 5.41) is 13.2. The van der Waals surface area contributed by atoms with E-state index in [1.54, 1.807) is 10.6 Å². The van der Waals surface area contributed by atoms with Crippen molar-refractivity contribution in [3.05, 3.63) is 65.6 Å². The fourth-order valence-electron chi connectivity index (χ4n) is 4.60. The van der Waals surface area contributed by atoms with Crippen LogP contribution < -0.4 is 10.2 Å². The van der Waals surface area contributed by atoms with Gasteiger partial charge in [0.15, 0.2) is 0 Å². The number of β-amino-alcohol motifs (C(OH)–C–C–N with tert-alkyl or cyclic N) is 1. The maximum absolute atomic E-state index is 13.5. The van der Waals surface area contributed by atoms with Gasteiger partial charge in [0.2, 0.25) is 0 Å². The summed E-state index contributed by atoms with van der Waals surface area (Å²) in [6.07, 6.45) is 3.62. The number of carbonyl (C=O) groups is 1. The van der Waals surface area contributed by atoms with Crippen LogP contribution in [0.3, 0.4) is 0 Å². The lowest BCUT2D eigenvalue weighted by atomic mass is 10.00. The van der Waals surface area contributed by atoms with Crippen LogP contribution in [0.2, 0.25) is 0 Å². The Hall–Kier alpha value is -2.97. The van der Waals surface area contributed by atoms with Crippen LogP contribution in [0.1, 0.15) is 28.0 Å². The maximum atomic E-state index is 13.5. The van der Waals surface area contributed by atoms with E-state index in [-0.39, 0.29) is 12.5 Å². The summed E-state index contributed by atoms with van der Waals surface area (Å²) in [6, 6.07) is 12.1. The number of fused-ring (bicyclic) bond motifs is 2. The van der Waals surface area contributed by atoms with Crippen LogP contribution >= 0.6 is 0 Å². The number of halogens is 1. The van der Waals surface area contributed by atoms with E-state index in [0.717, 1.165) is 25.2 Å². The van der Waals surface area contributed by atoms with Crippen molar-refractivity contribution in [2.24, 2.45) is 0 Å². The van der Waals surface area contributed by atoms with Crippen LogP contribution in [0.4, 0.5) is 10.1 Å². The Morgan fingerprint density at radius 3 is 2.84 bits per heavy atom. The molecule has 2 atom stereocenters. The van der Waals surface area contributed by atoms with Crippen molar-refractivity contribution in [2.45, 2.75) is 31.7 Å². The highest BCUT2D eigenvalue weighted by molar-refractivity contribution is 5.92. The van der Waals surface area contributed by atoms with Crippen molar-refractivity contribution < 1.29 is 14.3 Å². The molecule has 0 saturated carbocycles. The molecule has 5 rings (SSSR count). The molecule has 32 heavy (non-hydrogen) atoms. The molecule has 2 aliphatic rings. The maximum Gasteiger partial charge on any atom is 0.271 e. The Balaban J connectivity index is 1.16. The second-order valence-corrected chi connectivity index (χ2v) is 8.73. The topological polar surface area (TPSA) is 73.1 Å². The van der Waals surface area contributed by atoms with Crippen molar-refractivity contribution in [1.29, 1.82) is 0 Å². The van der Waals surface area contributed by atoms with Crippen molar-refractivity contribution in [3.8, 4) is 0 Å². The molecular formula is C24H28FN5O2. The number of anilines is 1. The number of rotatable bonds is 6. The molecule has 0 bridgehead atoms. The number of carbonyl (C=O) groups excluding carboxylic acids is 1. The predicted octanol–water partition coefficient (Wildman–Crippen LogP) is 2.03. The number of amides is 1. The van der Waals surface area contributed by atoms with E-state index in [1.807, 2.05) is 29.3 Å². The monoisotopic (exact) mass is 437 g/mol. The fourth-order valence-corrected chi connectivity index (χ4v) is 4.60. The lowest BCUT2D eigenvalue weighted by Crippen LogP contribution is -2.42. The van der Waals surface area contributed by atoms with Crippen LogP contribution in [0.15, 0.2) is 48.8 Å². The third kappa shape index (κ3) is 4.47. The Labute approximate surface area is 186 Å². The van der Waals surface area contributed by atoms with Gasteiger partial charge in [0.05, 0.1) is 11.8 Å². The zero-order valence-electron chi connectivity index (χ0n) is 18.0. The molecule has 1 amide bonds. The second-order valence-electron chi connectivity index (χ2n) is 8.73. The summed E-state index contributed by atoms with van der Waals surface area (Å²) in [4.78, 5) is 21.2. The van der Waals surface area contributed by atoms with Crippen LogP contribution in [0, 0.1) is 0 Å². The van der Waals surface area contributed by atoms with Gasteiger partial charge in [-0.3, -0.25) is 9.69 Å². The number of alkyl halides is 1. The molecule has 2 aromatic heterocycles. The molecule has 1 saturated heterocycles. The Bertz CT molecular complexity index is 1120. The third-order valence-corrected chi connectivity index (χ3v) is 6.34. The Morgan fingerprint density at radius 2 is 2.03 bits per heavy atom. The first kappa shape index (κ1) is 20.9. The standard InChI is InChI=1S/C24H28FN5O2/c25-19-8-10-29(13-19)20-5-6-23-27-22(16-30(23)14-20)24(32)26-11-21(31)15-28-9-7-17-3-1-2-4-18(17)12-28/h1-6,14,16,19,21,31H,7-13,15H2,(H,26,32). The summed E-state index contributed by atoms with van der Waals surface area (Å²) in [5.41, 5.74) is 4.54. The van der Waals surface area contributed by atoms with Gasteiger partial charge in [0, 0.05) is 51.7 Å². The minimum absolute atomic E-state index is 0.168. The number of pyridine rings is 1. The number of hydrogen-bond donors (Lipinski definition) is 2. The molecule has 0 aliphatic carbocycles. The molecule has 2 unspecified atom stereocenters. The molecular weight excluding hydrogens is 409 g/mol. The van der Waals surface area contributed by atoms with Gasteiger partial charge in [-0.25, -0.2) is 9.37 Å². The van der Waals surface area contributed by atoms with Gasteiger partial charge in [-0.2, -0.15) is 0 Å². The quantitative estimate of drug-likeness (QED) is 0.618. The molecule has 8 heteroatoms. The van der Waals surface area contributed by atoms with E-state index in [4.69, 9.17) is 0 Å². The summed E-state index contributed by atoms with van der Waals surface area (Å²) in [5.74, 6) is -0.316. The average molecular weight is 438 g/mol. The Morgan fingerprint density at radius 1 is 1.19 bits per heavy atom. The van der Waals surface area contributed by atoms with Gasteiger partial charge in [0.1, 0.15) is 17.5 Å². The van der Waals surface area contributed by atoms with Gasteiger partial charge < -0.3 is 19.7 Å². The number of aromatic nitrogens is 2. The normalized spacial score (nSPS) is 19.8. The highest BCUT2D eigenvalue weighted by Gasteiger charge is 2.23. The van der Waals surface area contributed by atoms with Crippen LogP contribution in [0.5, 0.6) is 0 Å². The van der Waals surface area contributed by atoms with Crippen LogP contribution in [-0.4, -0.2) is 70.3 Å². The summed E-state index contributed by atoms with van der Waals surface area (Å²) >= 11 is 0. The molecule has 2 N–H and O–H groups in total. The molecule has 0 radical (unpaired) electrons. The van der Waals surface area contributed by atoms with Crippen molar-refractivity contribution in [3.63, 3.8) is 0 Å². The minimum Gasteiger partial charge on any atom is -0.390 e. The lowest BCUT2D eigenvalue weighted by Gasteiger charge is -2.30. The zero-order chi connectivity index (χ0) is 22.1. The average Bonchev–Trinajstić information content (AvgIpc) is 3.43. The molecule has 1 aromatic carbocycles. The van der Waals surface area contributed by atoms with Crippen LogP contribution in [-0.2, 0) is 13.0 Å². The van der Waals surface area contributed by atoms with Crippen molar-refractivity contribution in [2.75, 3.05) is 37.6 Å². The number of benzene rings is 1. The number of nitrogens with one attached hydrogen (secondary N) is 1. The molecule has 2 aliphatic heterocycles. The van der Waals surface area contributed by atoms with E-state index < -0.39 is 12.3 Å². The van der Waals surface area contributed by atoms with E-state index in [0.29, 0.717) is 37.4 Å². The molecule has 3 aromatic rings. The lowest BCUT2D eigenvalue weighted by molar-refractivity contribution is 0.0838. The molecule has 168 valence electrons. The van der Waals surface area contributed by atoms with Gasteiger partial charge in [-0.1, -0.05) is 24.3 Å². The number of aliphatic hydroxyl groups is 1. The van der Waals surface area contributed by atoms with E-state index >= 15 is 0 Å². The summed E-state index contributed by atoms with van der Waals surface area (Å²) in [7, 11) is 0. The first-order valence-electron chi connectivity index (χ1n) is 11.2. The first-order chi connectivity index (χ1) is 15.5. The zero-order valence-corrected chi connectivity index (χ0v) is 18.0. The molecule has 7 nitrogen and oxygen atoms in total. The van der Waals surface area contributed by atoms with Crippen LogP contribution in [0.25, 0.3) is 5.65 Å². The first-order valence-corrected chi connectivity index (χ1v) is 11.2. The van der Waals surface area contributed by atoms with Crippen molar-refractivity contribution >= 4 is 17.2 Å². The van der Waals surface area contributed by atoms with Gasteiger partial charge in [0.25, 0.3) is 5.91 Å². The smallest absolute Gasteiger partial charge is 0.271 e. The van der Waals surface area contributed by atoms with Crippen molar-refractivity contribution in [1.82, 2.24) is 19.6 Å². The predicted molar refractivity (Wildman–Crippen MR) is 121 cm³/mol. The van der Waals surface area contributed by atoms with Gasteiger partial charge in [-0.05, 0) is 36.1 Å². The second kappa shape index (κ2) is 8.88. The highest BCUT2D eigenvalue weighted by atomic mass is 19.1. The third-order valence-electron chi connectivity index (χ3n) is 6.34. The number of imidazole rings is 1. The summed E-state index contributed by atoms with van der Waals surface area (Å²) in [6.45, 7) is 3.48. The molecule has 4 heterocycles. The largest absolute Gasteiger partial charge is 0.390 e. The summed E-state index contributed by atoms with van der Waals surface area (Å²) < 4.78 is 15.3. The number of nitrogens with zero attached hydrogens (tertiary/aromatic N) is 4. The van der Waals surface area contributed by atoms with Gasteiger partial charge >= 0.3 is 0 Å². The molecule has 0 spiro atoms. The fraction of sp³-hybridized carbons (Fsp3) is 0.417.